The second-order valence-electron chi connectivity index (χ2n) is 6.41. The van der Waals surface area contributed by atoms with Gasteiger partial charge in [-0.25, -0.2) is 4.98 Å². The molecule has 0 aromatic carbocycles. The summed E-state index contributed by atoms with van der Waals surface area (Å²) in [6.45, 7) is 6.84. The molecule has 0 fully saturated rings. The van der Waals surface area contributed by atoms with Gasteiger partial charge in [-0.2, -0.15) is 0 Å². The maximum absolute atomic E-state index is 4.45. The average molecular weight is 395 g/mol. The quantitative estimate of drug-likeness (QED) is 0.605. The van der Waals surface area contributed by atoms with Crippen LogP contribution < -0.4 is 5.32 Å². The number of rotatable bonds is 6. The molecular weight excluding hydrogens is 368 g/mol. The Hall–Kier alpha value is -1.76. The molecule has 7 heteroatoms. The van der Waals surface area contributed by atoms with Gasteiger partial charge in [-0.1, -0.05) is 13.8 Å². The molecule has 0 amide bonds. The van der Waals surface area contributed by atoms with E-state index >= 15 is 0 Å². The van der Waals surface area contributed by atoms with Crippen LogP contribution in [0.1, 0.15) is 25.4 Å². The minimum Gasteiger partial charge on any atom is -0.352 e. The topological polar surface area (TPSA) is 50.4 Å². The van der Waals surface area contributed by atoms with Crippen molar-refractivity contribution in [2.24, 2.45) is 18.0 Å². The van der Waals surface area contributed by atoms with Gasteiger partial charge >= 0.3 is 0 Å². The van der Waals surface area contributed by atoms with Gasteiger partial charge in [0.2, 0.25) is 0 Å². The van der Waals surface area contributed by atoms with Crippen molar-refractivity contribution in [1.29, 1.82) is 0 Å². The zero-order chi connectivity index (χ0) is 17.7. The van der Waals surface area contributed by atoms with Crippen LogP contribution in [0.25, 0.3) is 0 Å². The van der Waals surface area contributed by atoms with Crippen LogP contribution in [0.5, 0.6) is 0 Å². The molecule has 0 aliphatic rings. The van der Waals surface area contributed by atoms with Gasteiger partial charge in [-0.05, 0) is 27.9 Å². The first-order chi connectivity index (χ1) is 11.4. The molecular formula is C17H27BrN6. The lowest BCUT2D eigenvalue weighted by Crippen LogP contribution is -2.38. The summed E-state index contributed by atoms with van der Waals surface area (Å²) in [6, 6.07) is 2.12. The van der Waals surface area contributed by atoms with Crippen molar-refractivity contribution >= 4 is 21.9 Å². The van der Waals surface area contributed by atoms with E-state index in [1.165, 1.54) is 5.69 Å². The number of nitrogens with one attached hydrogen (secondary N) is 1. The number of aliphatic imine (C=N–C) groups is 1. The van der Waals surface area contributed by atoms with Crippen LogP contribution in [0, 0.1) is 5.92 Å². The Morgan fingerprint density at radius 1 is 1.46 bits per heavy atom. The van der Waals surface area contributed by atoms with Crippen LogP contribution in [0.4, 0.5) is 0 Å². The van der Waals surface area contributed by atoms with Crippen molar-refractivity contribution in [2.75, 3.05) is 14.1 Å². The smallest absolute Gasteiger partial charge is 0.194 e. The Labute approximate surface area is 152 Å². The van der Waals surface area contributed by atoms with Crippen LogP contribution in [0.2, 0.25) is 0 Å². The lowest BCUT2D eigenvalue weighted by atomic mass is 10.2. The molecule has 2 rings (SSSR count). The fourth-order valence-corrected chi connectivity index (χ4v) is 3.22. The molecule has 0 saturated heterocycles. The zero-order valence-electron chi connectivity index (χ0n) is 15.1. The molecule has 0 aliphatic carbocycles. The third-order valence-corrected chi connectivity index (χ3v) is 4.25. The molecule has 0 aliphatic heterocycles. The fourth-order valence-electron chi connectivity index (χ4n) is 2.65. The Morgan fingerprint density at radius 3 is 2.79 bits per heavy atom. The van der Waals surface area contributed by atoms with Crippen LogP contribution in [-0.2, 0) is 26.7 Å². The van der Waals surface area contributed by atoms with E-state index in [1.807, 2.05) is 26.5 Å². The first-order valence-corrected chi connectivity index (χ1v) is 8.92. The molecule has 0 saturated carbocycles. The summed E-state index contributed by atoms with van der Waals surface area (Å²) in [5.74, 6) is 2.47. The molecule has 0 atom stereocenters. The van der Waals surface area contributed by atoms with E-state index < -0.39 is 0 Å². The molecule has 2 aromatic heterocycles. The van der Waals surface area contributed by atoms with E-state index in [-0.39, 0.29) is 0 Å². The monoisotopic (exact) mass is 394 g/mol. The SMILES string of the molecule is CN=C(NCc1nccn1CC(C)C)N(C)Cc1cc(Br)cn1C. The summed E-state index contributed by atoms with van der Waals surface area (Å²) >= 11 is 3.52. The van der Waals surface area contributed by atoms with Gasteiger partial charge in [-0.3, -0.25) is 4.99 Å². The second-order valence-corrected chi connectivity index (χ2v) is 7.32. The molecule has 24 heavy (non-hydrogen) atoms. The van der Waals surface area contributed by atoms with Crippen LogP contribution in [0.3, 0.4) is 0 Å². The highest BCUT2D eigenvalue weighted by Gasteiger charge is 2.11. The molecule has 132 valence electrons. The van der Waals surface area contributed by atoms with Gasteiger partial charge < -0.3 is 19.4 Å². The van der Waals surface area contributed by atoms with Crippen molar-refractivity contribution in [2.45, 2.75) is 33.5 Å². The highest BCUT2D eigenvalue weighted by Crippen LogP contribution is 2.15. The van der Waals surface area contributed by atoms with E-state index in [0.717, 1.165) is 29.3 Å². The van der Waals surface area contributed by atoms with Crippen molar-refractivity contribution in [1.82, 2.24) is 24.3 Å². The Kier molecular flexibility index (Phi) is 6.48. The van der Waals surface area contributed by atoms with E-state index in [4.69, 9.17) is 0 Å². The van der Waals surface area contributed by atoms with Crippen molar-refractivity contribution in [3.05, 3.63) is 40.6 Å². The standard InChI is InChI=1S/C17H27BrN6/c1-13(2)10-24-7-6-20-16(24)9-21-17(19-3)23(5)12-15-8-14(18)11-22(15)4/h6-8,11,13H,9-10,12H2,1-5H3,(H,19,21). The van der Waals surface area contributed by atoms with Crippen molar-refractivity contribution in [3.8, 4) is 0 Å². The molecule has 0 radical (unpaired) electrons. The summed E-state index contributed by atoms with van der Waals surface area (Å²) in [5, 5.41) is 3.40. The van der Waals surface area contributed by atoms with Crippen LogP contribution in [0.15, 0.2) is 34.1 Å². The molecule has 2 aromatic rings. The highest BCUT2D eigenvalue weighted by molar-refractivity contribution is 9.10. The van der Waals surface area contributed by atoms with E-state index in [2.05, 4.69) is 71.4 Å². The van der Waals surface area contributed by atoms with Crippen molar-refractivity contribution < 1.29 is 0 Å². The molecule has 6 nitrogen and oxygen atoms in total. The summed E-state index contributed by atoms with van der Waals surface area (Å²) < 4.78 is 5.40. The van der Waals surface area contributed by atoms with Gasteiger partial charge in [0.05, 0.1) is 13.1 Å². The first-order valence-electron chi connectivity index (χ1n) is 8.13. The predicted octanol–water partition coefficient (Wildman–Crippen LogP) is 2.85. The average Bonchev–Trinajstić information content (AvgIpc) is 3.06. The van der Waals surface area contributed by atoms with Crippen LogP contribution in [-0.4, -0.2) is 39.1 Å². The number of aromatic nitrogens is 3. The summed E-state index contributed by atoms with van der Waals surface area (Å²) in [4.78, 5) is 10.9. The number of aryl methyl sites for hydroxylation is 1. The molecule has 0 spiro atoms. The fraction of sp³-hybridized carbons (Fsp3) is 0.529. The number of nitrogens with zero attached hydrogens (tertiary/aromatic N) is 5. The number of hydrogen-bond acceptors (Lipinski definition) is 2. The Bertz CT molecular complexity index is 685. The molecule has 2 heterocycles. The third-order valence-electron chi connectivity index (χ3n) is 3.82. The largest absolute Gasteiger partial charge is 0.352 e. The van der Waals surface area contributed by atoms with E-state index in [1.54, 1.807) is 7.05 Å². The Morgan fingerprint density at radius 2 is 2.21 bits per heavy atom. The van der Waals surface area contributed by atoms with Crippen LogP contribution >= 0.6 is 15.9 Å². The summed E-state index contributed by atoms with van der Waals surface area (Å²) in [7, 11) is 5.89. The maximum atomic E-state index is 4.45. The van der Waals surface area contributed by atoms with Gasteiger partial charge in [0.15, 0.2) is 5.96 Å². The molecule has 0 unspecified atom stereocenters. The van der Waals surface area contributed by atoms with Gasteiger partial charge in [0, 0.05) is 56.4 Å². The normalized spacial score (nSPS) is 12.0. The lowest BCUT2D eigenvalue weighted by molar-refractivity contribution is 0.456. The van der Waals surface area contributed by atoms with E-state index in [9.17, 15) is 0 Å². The number of guanidine groups is 1. The second kappa shape index (κ2) is 8.37. The van der Waals surface area contributed by atoms with Crippen molar-refractivity contribution in [3.63, 3.8) is 0 Å². The number of halogens is 1. The van der Waals surface area contributed by atoms with Gasteiger partial charge in [-0.15, -0.1) is 0 Å². The van der Waals surface area contributed by atoms with Gasteiger partial charge in [0.1, 0.15) is 5.82 Å². The number of imidazole rings is 1. The zero-order valence-corrected chi connectivity index (χ0v) is 16.7. The molecule has 1 N–H and O–H groups in total. The maximum Gasteiger partial charge on any atom is 0.194 e. The summed E-state index contributed by atoms with van der Waals surface area (Å²) in [6.07, 6.45) is 5.94. The Balaban J connectivity index is 1.97. The lowest BCUT2D eigenvalue weighted by Gasteiger charge is -2.22. The minimum absolute atomic E-state index is 0.593. The third kappa shape index (κ3) is 4.87. The first kappa shape index (κ1) is 18.6. The minimum atomic E-state index is 0.593. The predicted molar refractivity (Wildman–Crippen MR) is 102 cm³/mol. The molecule has 0 bridgehead atoms. The highest BCUT2D eigenvalue weighted by atomic mass is 79.9. The van der Waals surface area contributed by atoms with Gasteiger partial charge in [0.25, 0.3) is 0 Å². The summed E-state index contributed by atoms with van der Waals surface area (Å²) in [5.41, 5.74) is 1.22. The van der Waals surface area contributed by atoms with E-state index in [0.29, 0.717) is 12.5 Å². The number of hydrogen-bond donors (Lipinski definition) is 1.